The molecule has 0 radical (unpaired) electrons. The molecule has 8 rings (SSSR count). The molecule has 0 amide bonds. The van der Waals surface area contributed by atoms with Crippen molar-refractivity contribution in [3.8, 4) is 39.0 Å². The van der Waals surface area contributed by atoms with Crippen LogP contribution in [0.25, 0.3) is 71.1 Å². The topological polar surface area (TPSA) is 56.5 Å². The fourth-order valence-electron chi connectivity index (χ4n) is 5.37. The lowest BCUT2D eigenvalue weighted by molar-refractivity contribution is 1.06. The van der Waals surface area contributed by atoms with Crippen LogP contribution in [-0.4, -0.2) is 24.5 Å². The molecule has 0 fully saturated rings. The van der Waals surface area contributed by atoms with Crippen molar-refractivity contribution in [2.24, 2.45) is 0 Å². The average Bonchev–Trinajstić information content (AvgIpc) is 3.61. The summed E-state index contributed by atoms with van der Waals surface area (Å²) >= 11 is 1.73. The molecule has 0 saturated carbocycles. The summed E-state index contributed by atoms with van der Waals surface area (Å²) in [5, 5.41) is 3.40. The van der Waals surface area contributed by atoms with E-state index >= 15 is 0 Å². The molecule has 188 valence electrons. The smallest absolute Gasteiger partial charge is 0.165 e. The van der Waals surface area contributed by atoms with Gasteiger partial charge in [-0.2, -0.15) is 0 Å². The summed E-state index contributed by atoms with van der Waals surface area (Å²) in [7, 11) is 0. The summed E-state index contributed by atoms with van der Waals surface area (Å²) in [5.41, 5.74) is 7.33. The molecule has 3 heterocycles. The van der Waals surface area contributed by atoms with Gasteiger partial charge in [-0.1, -0.05) is 72.8 Å². The van der Waals surface area contributed by atoms with Crippen LogP contribution in [0, 0.1) is 0 Å². The van der Waals surface area contributed by atoms with E-state index in [-0.39, 0.29) is 0 Å². The van der Waals surface area contributed by atoms with E-state index in [9.17, 15) is 0 Å². The number of aromatic nitrogens is 5. The molecule has 0 atom stereocenters. The van der Waals surface area contributed by atoms with E-state index < -0.39 is 0 Å². The highest BCUT2D eigenvalue weighted by atomic mass is 32.1. The first-order valence-corrected chi connectivity index (χ1v) is 13.9. The number of fused-ring (bicyclic) bond motifs is 4. The van der Waals surface area contributed by atoms with Crippen LogP contribution in [0.3, 0.4) is 0 Å². The zero-order chi connectivity index (χ0) is 26.5. The Hall–Kier alpha value is -5.20. The van der Waals surface area contributed by atoms with Crippen molar-refractivity contribution >= 4 is 43.4 Å². The molecule has 0 aliphatic carbocycles. The van der Waals surface area contributed by atoms with Gasteiger partial charge in [0.05, 0.1) is 26.9 Å². The van der Waals surface area contributed by atoms with Crippen LogP contribution < -0.4 is 0 Å². The maximum atomic E-state index is 4.91. The Balaban J connectivity index is 1.33. The van der Waals surface area contributed by atoms with E-state index in [1.165, 1.54) is 15.5 Å². The summed E-state index contributed by atoms with van der Waals surface area (Å²) in [6, 6.07) is 41.8. The molecule has 40 heavy (non-hydrogen) atoms. The predicted octanol–water partition coefficient (Wildman–Crippen LogP) is 8.58. The van der Waals surface area contributed by atoms with Crippen molar-refractivity contribution in [1.82, 2.24) is 24.5 Å². The van der Waals surface area contributed by atoms with Crippen LogP contribution in [0.4, 0.5) is 0 Å². The van der Waals surface area contributed by atoms with Crippen LogP contribution in [0.15, 0.2) is 128 Å². The van der Waals surface area contributed by atoms with Gasteiger partial charge < -0.3 is 4.57 Å². The second kappa shape index (κ2) is 9.22. The van der Waals surface area contributed by atoms with Gasteiger partial charge in [-0.05, 0) is 48.5 Å². The van der Waals surface area contributed by atoms with Gasteiger partial charge in [0, 0.05) is 27.5 Å². The largest absolute Gasteiger partial charge is 0.309 e. The third kappa shape index (κ3) is 3.69. The molecule has 0 unspecified atom stereocenters. The Morgan fingerprint density at radius 1 is 0.550 bits per heavy atom. The molecule has 0 aliphatic heterocycles. The zero-order valence-corrected chi connectivity index (χ0v) is 22.1. The van der Waals surface area contributed by atoms with Gasteiger partial charge in [0.1, 0.15) is 11.3 Å². The first-order valence-electron chi connectivity index (χ1n) is 13.1. The van der Waals surface area contributed by atoms with Gasteiger partial charge in [0.25, 0.3) is 0 Å². The molecule has 6 heteroatoms. The lowest BCUT2D eigenvalue weighted by atomic mass is 10.1. The highest BCUT2D eigenvalue weighted by Gasteiger charge is 2.18. The number of para-hydroxylation sites is 3. The Morgan fingerprint density at radius 2 is 1.30 bits per heavy atom. The van der Waals surface area contributed by atoms with Crippen LogP contribution >= 0.6 is 11.3 Å². The minimum Gasteiger partial charge on any atom is -0.309 e. The van der Waals surface area contributed by atoms with Gasteiger partial charge in [0.2, 0.25) is 0 Å². The molecule has 0 spiro atoms. The number of thiazole rings is 1. The molecule has 5 aromatic carbocycles. The Kier molecular flexibility index (Phi) is 5.24. The Morgan fingerprint density at radius 3 is 2.23 bits per heavy atom. The molecule has 3 aromatic heterocycles. The molecule has 0 bridgehead atoms. The van der Waals surface area contributed by atoms with Gasteiger partial charge in [-0.15, -0.1) is 11.3 Å². The minimum absolute atomic E-state index is 0.640. The summed E-state index contributed by atoms with van der Waals surface area (Å²) in [6.07, 6.45) is 1.59. The summed E-state index contributed by atoms with van der Waals surface area (Å²) in [6.45, 7) is 0. The number of rotatable bonds is 4. The number of hydrogen-bond donors (Lipinski definition) is 0. The van der Waals surface area contributed by atoms with Crippen molar-refractivity contribution in [3.63, 3.8) is 0 Å². The van der Waals surface area contributed by atoms with E-state index in [1.54, 1.807) is 17.7 Å². The second-order valence-corrected chi connectivity index (χ2v) is 10.6. The fourth-order valence-corrected chi connectivity index (χ4v) is 6.33. The normalized spacial score (nSPS) is 11.5. The maximum Gasteiger partial charge on any atom is 0.165 e. The highest BCUT2D eigenvalue weighted by molar-refractivity contribution is 7.21. The minimum atomic E-state index is 0.640. The van der Waals surface area contributed by atoms with E-state index in [0.717, 1.165) is 43.9 Å². The molecule has 0 saturated heterocycles. The molecule has 0 aliphatic rings. The lowest BCUT2D eigenvalue weighted by Crippen LogP contribution is -2.01. The SMILES string of the molecule is c1ccc(-c2ncnc(-c3ccccc3-n3c4ccccc4c4cc(-c5nc6ccccc6s5)ccc43)n2)cc1. The quantitative estimate of drug-likeness (QED) is 0.228. The molecular formula is C34H21N5S. The fraction of sp³-hybridized carbons (Fsp3) is 0. The zero-order valence-electron chi connectivity index (χ0n) is 21.3. The Bertz CT molecular complexity index is 2150. The third-order valence-corrected chi connectivity index (χ3v) is 8.29. The van der Waals surface area contributed by atoms with Crippen molar-refractivity contribution in [1.29, 1.82) is 0 Å². The van der Waals surface area contributed by atoms with Crippen molar-refractivity contribution < 1.29 is 0 Å². The first kappa shape index (κ1) is 22.8. The summed E-state index contributed by atoms with van der Waals surface area (Å²) in [5.74, 6) is 1.30. The van der Waals surface area contributed by atoms with Crippen LogP contribution in [0.5, 0.6) is 0 Å². The van der Waals surface area contributed by atoms with E-state index in [1.807, 2.05) is 42.5 Å². The molecule has 8 aromatic rings. The summed E-state index contributed by atoms with van der Waals surface area (Å²) in [4.78, 5) is 18.8. The van der Waals surface area contributed by atoms with Crippen LogP contribution in [0.1, 0.15) is 0 Å². The Labute approximate surface area is 234 Å². The van der Waals surface area contributed by atoms with E-state index in [2.05, 4.69) is 93.4 Å². The molecule has 0 N–H and O–H groups in total. The average molecular weight is 532 g/mol. The third-order valence-electron chi connectivity index (χ3n) is 7.20. The van der Waals surface area contributed by atoms with Crippen molar-refractivity contribution in [2.75, 3.05) is 0 Å². The van der Waals surface area contributed by atoms with E-state index in [0.29, 0.717) is 11.6 Å². The monoisotopic (exact) mass is 531 g/mol. The first-order chi connectivity index (χ1) is 19.8. The van der Waals surface area contributed by atoms with Crippen molar-refractivity contribution in [3.05, 3.63) is 128 Å². The standard InChI is InChI=1S/C34H21N5S/c1-2-10-22(11-3-1)32-35-21-36-33(38-32)25-13-5-8-16-29(25)39-28-15-7-4-12-24(28)26-20-23(18-19-30(26)39)34-37-27-14-6-9-17-31(27)40-34/h1-21H. The number of nitrogens with zero attached hydrogens (tertiary/aromatic N) is 5. The number of benzene rings is 5. The molecule has 5 nitrogen and oxygen atoms in total. The van der Waals surface area contributed by atoms with Gasteiger partial charge in [-0.25, -0.2) is 19.9 Å². The van der Waals surface area contributed by atoms with Gasteiger partial charge in [0.15, 0.2) is 11.6 Å². The maximum absolute atomic E-state index is 4.91. The van der Waals surface area contributed by atoms with E-state index in [4.69, 9.17) is 9.97 Å². The number of hydrogen-bond acceptors (Lipinski definition) is 5. The van der Waals surface area contributed by atoms with Gasteiger partial charge in [-0.3, -0.25) is 0 Å². The summed E-state index contributed by atoms with van der Waals surface area (Å²) < 4.78 is 3.51. The van der Waals surface area contributed by atoms with Crippen LogP contribution in [0.2, 0.25) is 0 Å². The second-order valence-electron chi connectivity index (χ2n) is 9.59. The van der Waals surface area contributed by atoms with Gasteiger partial charge >= 0.3 is 0 Å². The van der Waals surface area contributed by atoms with Crippen molar-refractivity contribution in [2.45, 2.75) is 0 Å². The highest BCUT2D eigenvalue weighted by Crippen LogP contribution is 2.38. The van der Waals surface area contributed by atoms with Crippen LogP contribution in [-0.2, 0) is 0 Å². The molecular weight excluding hydrogens is 510 g/mol. The lowest BCUT2D eigenvalue weighted by Gasteiger charge is -2.13. The predicted molar refractivity (Wildman–Crippen MR) is 164 cm³/mol.